The summed E-state index contributed by atoms with van der Waals surface area (Å²) in [7, 11) is 1.64. The Morgan fingerprint density at radius 2 is 1.82 bits per heavy atom. The van der Waals surface area contributed by atoms with Gasteiger partial charge in [-0.05, 0) is 67.9 Å². The fraction of sp³-hybridized carbons (Fsp3) is 0.500. The molecule has 1 aromatic carbocycles. The third-order valence-corrected chi connectivity index (χ3v) is 8.45. The van der Waals surface area contributed by atoms with E-state index < -0.39 is 0 Å². The standard InChI is InChI=1S/C26H30N4O2S/c1-16-3-10-20-21(15-16)33-25-22(20)24(27-23(28-25)17-4-5-17)29-11-13-30(14-12-29)26(31)18-6-8-19(32-2)9-7-18/h6-9,16-17H,3-5,10-15H2,1-2H3/t16-/m1/s1. The molecular weight excluding hydrogens is 432 g/mol. The second-order valence-corrected chi connectivity index (χ2v) is 10.8. The molecule has 33 heavy (non-hydrogen) atoms. The van der Waals surface area contributed by atoms with Crippen molar-refractivity contribution in [1.82, 2.24) is 14.9 Å². The Labute approximate surface area is 198 Å². The number of hydrogen-bond acceptors (Lipinski definition) is 6. The number of nitrogens with zero attached hydrogens (tertiary/aromatic N) is 4. The van der Waals surface area contributed by atoms with E-state index in [1.165, 1.54) is 46.3 Å². The number of thiophene rings is 1. The number of aryl methyl sites for hydroxylation is 1. The lowest BCUT2D eigenvalue weighted by Gasteiger charge is -2.36. The second-order valence-electron chi connectivity index (χ2n) is 9.72. The van der Waals surface area contributed by atoms with Crippen LogP contribution < -0.4 is 9.64 Å². The molecule has 3 heterocycles. The molecular formula is C26H30N4O2S. The van der Waals surface area contributed by atoms with E-state index >= 15 is 0 Å². The average molecular weight is 463 g/mol. The van der Waals surface area contributed by atoms with Crippen LogP contribution in [0, 0.1) is 5.92 Å². The first-order valence-electron chi connectivity index (χ1n) is 12.1. The summed E-state index contributed by atoms with van der Waals surface area (Å²) in [6.45, 7) is 5.38. The van der Waals surface area contributed by atoms with Gasteiger partial charge in [0.2, 0.25) is 0 Å². The minimum absolute atomic E-state index is 0.0886. The zero-order valence-corrected chi connectivity index (χ0v) is 20.2. The van der Waals surface area contributed by atoms with Crippen LogP contribution in [0.4, 0.5) is 5.82 Å². The van der Waals surface area contributed by atoms with E-state index in [9.17, 15) is 4.79 Å². The lowest BCUT2D eigenvalue weighted by atomic mass is 9.89. The molecule has 2 aromatic heterocycles. The Hall–Kier alpha value is -2.67. The summed E-state index contributed by atoms with van der Waals surface area (Å²) < 4.78 is 5.22. The number of hydrogen-bond donors (Lipinski definition) is 0. The Morgan fingerprint density at radius 3 is 2.52 bits per heavy atom. The maximum atomic E-state index is 13.0. The molecule has 2 fully saturated rings. The number of aromatic nitrogens is 2. The van der Waals surface area contributed by atoms with Gasteiger partial charge in [-0.1, -0.05) is 6.92 Å². The number of rotatable bonds is 4. The topological polar surface area (TPSA) is 58.6 Å². The molecule has 0 bridgehead atoms. The molecule has 1 saturated heterocycles. The highest BCUT2D eigenvalue weighted by Crippen LogP contribution is 2.44. The van der Waals surface area contributed by atoms with Crippen LogP contribution in [0.3, 0.4) is 0 Å². The summed E-state index contributed by atoms with van der Waals surface area (Å²) >= 11 is 1.89. The Balaban J connectivity index is 1.27. The van der Waals surface area contributed by atoms with Gasteiger partial charge >= 0.3 is 0 Å². The van der Waals surface area contributed by atoms with Gasteiger partial charge in [0.15, 0.2) is 0 Å². The molecule has 1 amide bonds. The molecule has 0 N–H and O–H groups in total. The van der Waals surface area contributed by atoms with Crippen molar-refractivity contribution in [3.8, 4) is 5.75 Å². The number of anilines is 1. The van der Waals surface area contributed by atoms with Crippen molar-refractivity contribution in [3.05, 3.63) is 46.1 Å². The van der Waals surface area contributed by atoms with E-state index in [0.717, 1.165) is 42.8 Å². The molecule has 6 nitrogen and oxygen atoms in total. The fourth-order valence-corrected chi connectivity index (χ4v) is 6.51. The number of benzene rings is 1. The molecule has 3 aliphatic rings. The largest absolute Gasteiger partial charge is 0.497 e. The van der Waals surface area contributed by atoms with Gasteiger partial charge in [0.25, 0.3) is 5.91 Å². The van der Waals surface area contributed by atoms with E-state index in [4.69, 9.17) is 14.7 Å². The second kappa shape index (κ2) is 8.28. The van der Waals surface area contributed by atoms with Crippen molar-refractivity contribution in [2.75, 3.05) is 38.2 Å². The number of methoxy groups -OCH3 is 1. The highest BCUT2D eigenvalue weighted by atomic mass is 32.1. The van der Waals surface area contributed by atoms with Gasteiger partial charge in [0.05, 0.1) is 12.5 Å². The van der Waals surface area contributed by atoms with Crippen molar-refractivity contribution in [2.24, 2.45) is 5.92 Å². The Kier molecular flexibility index (Phi) is 5.24. The van der Waals surface area contributed by atoms with Crippen LogP contribution in [0.2, 0.25) is 0 Å². The van der Waals surface area contributed by atoms with E-state index in [-0.39, 0.29) is 5.91 Å². The zero-order chi connectivity index (χ0) is 22.5. The highest BCUT2D eigenvalue weighted by molar-refractivity contribution is 7.19. The Morgan fingerprint density at radius 1 is 1.06 bits per heavy atom. The van der Waals surface area contributed by atoms with Crippen LogP contribution in [0.15, 0.2) is 24.3 Å². The van der Waals surface area contributed by atoms with Gasteiger partial charge < -0.3 is 14.5 Å². The summed E-state index contributed by atoms with van der Waals surface area (Å²) in [5.41, 5.74) is 2.20. The summed E-state index contributed by atoms with van der Waals surface area (Å²) in [6, 6.07) is 7.40. The summed E-state index contributed by atoms with van der Waals surface area (Å²) in [6.07, 6.45) is 5.95. The van der Waals surface area contributed by atoms with Crippen LogP contribution in [0.25, 0.3) is 10.2 Å². The highest BCUT2D eigenvalue weighted by Gasteiger charge is 2.32. The van der Waals surface area contributed by atoms with Crippen molar-refractivity contribution in [2.45, 2.75) is 44.9 Å². The van der Waals surface area contributed by atoms with E-state index in [1.54, 1.807) is 7.11 Å². The predicted octanol–water partition coefficient (Wildman–Crippen LogP) is 4.66. The molecule has 172 valence electrons. The summed E-state index contributed by atoms with van der Waals surface area (Å²) in [5, 5.41) is 1.29. The summed E-state index contributed by atoms with van der Waals surface area (Å²) in [4.78, 5) is 30.2. The molecule has 6 rings (SSSR count). The number of amides is 1. The van der Waals surface area contributed by atoms with Gasteiger partial charge in [-0.15, -0.1) is 11.3 Å². The molecule has 3 aromatic rings. The fourth-order valence-electron chi connectivity index (χ4n) is 5.13. The monoisotopic (exact) mass is 462 g/mol. The Bertz CT molecular complexity index is 1190. The average Bonchev–Trinajstić information content (AvgIpc) is 3.64. The van der Waals surface area contributed by atoms with Gasteiger partial charge in [0.1, 0.15) is 22.2 Å². The number of fused-ring (bicyclic) bond motifs is 3. The van der Waals surface area contributed by atoms with Crippen molar-refractivity contribution in [1.29, 1.82) is 0 Å². The number of carbonyl (C=O) groups is 1. The van der Waals surface area contributed by atoms with Gasteiger partial charge in [0, 0.05) is 42.5 Å². The smallest absolute Gasteiger partial charge is 0.253 e. The van der Waals surface area contributed by atoms with Gasteiger partial charge in [-0.3, -0.25) is 4.79 Å². The van der Waals surface area contributed by atoms with Gasteiger partial charge in [-0.25, -0.2) is 9.97 Å². The molecule has 2 aliphatic carbocycles. The molecule has 1 aliphatic heterocycles. The van der Waals surface area contributed by atoms with E-state index in [2.05, 4.69) is 11.8 Å². The number of piperazine rings is 1. The first-order chi connectivity index (χ1) is 16.1. The summed E-state index contributed by atoms with van der Waals surface area (Å²) in [5.74, 6) is 4.28. The van der Waals surface area contributed by atoms with Crippen LogP contribution in [0.1, 0.15) is 58.7 Å². The SMILES string of the molecule is COc1ccc(C(=O)N2CCN(c3nc(C4CC4)nc4sc5c(c34)CC[C@@H](C)C5)CC2)cc1. The van der Waals surface area contributed by atoms with E-state index in [1.807, 2.05) is 40.5 Å². The minimum atomic E-state index is 0.0886. The number of carbonyl (C=O) groups excluding carboxylic acids is 1. The maximum absolute atomic E-state index is 13.0. The van der Waals surface area contributed by atoms with Crippen molar-refractivity contribution < 1.29 is 9.53 Å². The van der Waals surface area contributed by atoms with Crippen LogP contribution in [0.5, 0.6) is 5.75 Å². The van der Waals surface area contributed by atoms with Crippen molar-refractivity contribution >= 4 is 33.3 Å². The van der Waals surface area contributed by atoms with Crippen LogP contribution >= 0.6 is 11.3 Å². The first-order valence-corrected chi connectivity index (χ1v) is 12.9. The third-order valence-electron chi connectivity index (χ3n) is 7.30. The molecule has 1 atom stereocenters. The molecule has 0 spiro atoms. The molecule has 1 saturated carbocycles. The van der Waals surface area contributed by atoms with Crippen LogP contribution in [-0.2, 0) is 12.8 Å². The van der Waals surface area contributed by atoms with Gasteiger partial charge in [-0.2, -0.15) is 0 Å². The zero-order valence-electron chi connectivity index (χ0n) is 19.3. The normalized spacial score (nSPS) is 20.7. The lowest BCUT2D eigenvalue weighted by Crippen LogP contribution is -2.49. The maximum Gasteiger partial charge on any atom is 0.253 e. The molecule has 0 radical (unpaired) electrons. The van der Waals surface area contributed by atoms with E-state index in [0.29, 0.717) is 24.6 Å². The predicted molar refractivity (Wildman–Crippen MR) is 132 cm³/mol. The van der Waals surface area contributed by atoms with Crippen molar-refractivity contribution in [3.63, 3.8) is 0 Å². The van der Waals surface area contributed by atoms with Crippen LogP contribution in [-0.4, -0.2) is 54.1 Å². The molecule has 0 unspecified atom stereocenters. The lowest BCUT2D eigenvalue weighted by molar-refractivity contribution is 0.0746. The molecule has 7 heteroatoms. The first kappa shape index (κ1) is 20.9. The third kappa shape index (κ3) is 3.86. The number of ether oxygens (including phenoxy) is 1. The quantitative estimate of drug-likeness (QED) is 0.564. The minimum Gasteiger partial charge on any atom is -0.497 e.